The topological polar surface area (TPSA) is 184 Å². The SMILES string of the molecule is NC(N)=NCCC[C@H]1O[C@@H](n2cnc3c(N)ncnc32)[C@H](O)[C@@H]1O. The number of nitrogen functional groups attached to an aromatic ring is 1. The van der Waals surface area contributed by atoms with Gasteiger partial charge in [-0.05, 0) is 12.8 Å². The Morgan fingerprint density at radius 3 is 2.79 bits per heavy atom. The van der Waals surface area contributed by atoms with Gasteiger partial charge in [-0.3, -0.25) is 9.56 Å². The number of imidazole rings is 1. The Labute approximate surface area is 137 Å². The molecule has 1 saturated heterocycles. The molecule has 1 aliphatic heterocycles. The van der Waals surface area contributed by atoms with Crippen LogP contribution in [-0.2, 0) is 4.74 Å². The predicted molar refractivity (Wildman–Crippen MR) is 85.6 cm³/mol. The highest BCUT2D eigenvalue weighted by molar-refractivity contribution is 5.81. The highest BCUT2D eigenvalue weighted by atomic mass is 16.6. The van der Waals surface area contributed by atoms with E-state index in [9.17, 15) is 10.2 Å². The lowest BCUT2D eigenvalue weighted by atomic mass is 10.1. The third-order valence-electron chi connectivity index (χ3n) is 3.94. The summed E-state index contributed by atoms with van der Waals surface area (Å²) in [6, 6.07) is 0. The summed E-state index contributed by atoms with van der Waals surface area (Å²) in [4.78, 5) is 16.0. The average molecular weight is 336 g/mol. The molecule has 4 atom stereocenters. The van der Waals surface area contributed by atoms with Gasteiger partial charge in [0.2, 0.25) is 0 Å². The number of aliphatic imine (C=N–C) groups is 1. The van der Waals surface area contributed by atoms with Crippen LogP contribution in [0.15, 0.2) is 17.6 Å². The molecule has 2 aromatic heterocycles. The first-order valence-electron chi connectivity index (χ1n) is 7.49. The molecule has 11 heteroatoms. The van der Waals surface area contributed by atoms with Gasteiger partial charge in [0.25, 0.3) is 0 Å². The van der Waals surface area contributed by atoms with Gasteiger partial charge in [0.05, 0.1) is 12.4 Å². The molecule has 0 saturated carbocycles. The number of guanidine groups is 1. The lowest BCUT2D eigenvalue weighted by molar-refractivity contribution is -0.0371. The molecule has 1 aliphatic rings. The van der Waals surface area contributed by atoms with Crippen LogP contribution in [0.25, 0.3) is 11.2 Å². The molecule has 0 amide bonds. The van der Waals surface area contributed by atoms with Crippen molar-refractivity contribution in [3.05, 3.63) is 12.7 Å². The van der Waals surface area contributed by atoms with Gasteiger partial charge in [0, 0.05) is 6.54 Å². The van der Waals surface area contributed by atoms with Gasteiger partial charge < -0.3 is 32.2 Å². The Hall–Kier alpha value is -2.50. The second kappa shape index (κ2) is 6.55. The number of aromatic nitrogens is 4. The van der Waals surface area contributed by atoms with Crippen molar-refractivity contribution >= 4 is 22.9 Å². The molecule has 24 heavy (non-hydrogen) atoms. The van der Waals surface area contributed by atoms with E-state index in [-0.39, 0.29) is 11.8 Å². The van der Waals surface area contributed by atoms with Crippen molar-refractivity contribution in [3.8, 4) is 0 Å². The number of fused-ring (bicyclic) bond motifs is 1. The molecule has 11 nitrogen and oxygen atoms in total. The molecular weight excluding hydrogens is 316 g/mol. The van der Waals surface area contributed by atoms with E-state index in [0.717, 1.165) is 0 Å². The lowest BCUT2D eigenvalue weighted by Gasteiger charge is -2.16. The van der Waals surface area contributed by atoms with Crippen LogP contribution in [0.3, 0.4) is 0 Å². The summed E-state index contributed by atoms with van der Waals surface area (Å²) in [6.07, 6.45) is 0.354. The molecule has 0 aliphatic carbocycles. The van der Waals surface area contributed by atoms with E-state index >= 15 is 0 Å². The summed E-state index contributed by atoms with van der Waals surface area (Å²) >= 11 is 0. The highest BCUT2D eigenvalue weighted by Gasteiger charge is 2.43. The fraction of sp³-hybridized carbons (Fsp3) is 0.538. The molecule has 0 radical (unpaired) electrons. The van der Waals surface area contributed by atoms with Crippen LogP contribution in [-0.4, -0.2) is 60.5 Å². The first kappa shape index (κ1) is 16.4. The molecule has 3 rings (SSSR count). The van der Waals surface area contributed by atoms with Gasteiger partial charge in [-0.2, -0.15) is 0 Å². The molecule has 0 unspecified atom stereocenters. The molecule has 3 heterocycles. The zero-order chi connectivity index (χ0) is 17.3. The van der Waals surface area contributed by atoms with E-state index in [2.05, 4.69) is 19.9 Å². The fourth-order valence-corrected chi connectivity index (χ4v) is 2.75. The molecule has 0 spiro atoms. The monoisotopic (exact) mass is 336 g/mol. The molecule has 0 bridgehead atoms. The number of rotatable bonds is 5. The minimum atomic E-state index is -1.12. The minimum Gasteiger partial charge on any atom is -0.388 e. The zero-order valence-electron chi connectivity index (χ0n) is 12.9. The summed E-state index contributed by atoms with van der Waals surface area (Å²) in [7, 11) is 0. The van der Waals surface area contributed by atoms with Gasteiger partial charge in [-0.25, -0.2) is 15.0 Å². The number of aliphatic hydroxyl groups excluding tert-OH is 2. The number of nitrogens with zero attached hydrogens (tertiary/aromatic N) is 5. The summed E-state index contributed by atoms with van der Waals surface area (Å²) < 4.78 is 7.34. The van der Waals surface area contributed by atoms with Crippen LogP contribution >= 0.6 is 0 Å². The number of anilines is 1. The number of hydrogen-bond donors (Lipinski definition) is 5. The van der Waals surface area contributed by atoms with Crippen LogP contribution in [0, 0.1) is 0 Å². The molecule has 0 aromatic carbocycles. The first-order chi connectivity index (χ1) is 11.5. The summed E-state index contributed by atoms with van der Waals surface area (Å²) in [5.74, 6) is 0.253. The first-order valence-corrected chi connectivity index (χ1v) is 7.49. The highest BCUT2D eigenvalue weighted by Crippen LogP contribution is 2.33. The summed E-state index contributed by atoms with van der Waals surface area (Å²) in [5.41, 5.74) is 17.1. The van der Waals surface area contributed by atoms with Crippen molar-refractivity contribution in [1.82, 2.24) is 19.5 Å². The third-order valence-corrected chi connectivity index (χ3v) is 3.94. The molecule has 130 valence electrons. The van der Waals surface area contributed by atoms with E-state index in [1.54, 1.807) is 0 Å². The van der Waals surface area contributed by atoms with Crippen molar-refractivity contribution in [2.45, 2.75) is 37.4 Å². The number of nitrogens with two attached hydrogens (primary N) is 3. The minimum absolute atomic E-state index is 0.0166. The number of ether oxygens (including phenoxy) is 1. The van der Waals surface area contributed by atoms with E-state index in [1.165, 1.54) is 17.2 Å². The maximum absolute atomic E-state index is 10.3. The van der Waals surface area contributed by atoms with Crippen molar-refractivity contribution in [3.63, 3.8) is 0 Å². The second-order valence-electron chi connectivity index (χ2n) is 5.58. The van der Waals surface area contributed by atoms with Crippen LogP contribution in [0.5, 0.6) is 0 Å². The largest absolute Gasteiger partial charge is 0.388 e. The van der Waals surface area contributed by atoms with Crippen molar-refractivity contribution < 1.29 is 14.9 Å². The Balaban J connectivity index is 1.74. The quantitative estimate of drug-likeness (QED) is 0.236. The van der Waals surface area contributed by atoms with E-state index in [4.69, 9.17) is 21.9 Å². The standard InChI is InChI=1S/C13H20N8O3/c14-10-7-11(19-4-18-10)21(5-20-7)12-9(23)8(22)6(24-12)2-1-3-17-13(15)16/h4-6,8-9,12,22-23H,1-3H2,(H2,14,18,19)(H4,15,16,17)/t6-,8-,9-,12-/m1/s1. The van der Waals surface area contributed by atoms with Gasteiger partial charge in [-0.15, -0.1) is 0 Å². The molecule has 2 aromatic rings. The van der Waals surface area contributed by atoms with Gasteiger partial charge >= 0.3 is 0 Å². The van der Waals surface area contributed by atoms with Crippen molar-refractivity contribution in [2.75, 3.05) is 12.3 Å². The van der Waals surface area contributed by atoms with E-state index in [1.807, 2.05) is 0 Å². The maximum Gasteiger partial charge on any atom is 0.185 e. The molecular formula is C13H20N8O3. The van der Waals surface area contributed by atoms with Gasteiger partial charge in [0.15, 0.2) is 23.7 Å². The van der Waals surface area contributed by atoms with Gasteiger partial charge in [0.1, 0.15) is 24.1 Å². The summed E-state index contributed by atoms with van der Waals surface area (Å²) in [5, 5.41) is 20.5. The Morgan fingerprint density at radius 1 is 1.25 bits per heavy atom. The van der Waals surface area contributed by atoms with Crippen LogP contribution in [0.1, 0.15) is 19.1 Å². The smallest absolute Gasteiger partial charge is 0.185 e. The fourth-order valence-electron chi connectivity index (χ4n) is 2.75. The third kappa shape index (κ3) is 2.96. The zero-order valence-corrected chi connectivity index (χ0v) is 12.9. The maximum atomic E-state index is 10.3. The second-order valence-corrected chi connectivity index (χ2v) is 5.58. The average Bonchev–Trinajstić information content (AvgIpc) is 3.08. The van der Waals surface area contributed by atoms with Crippen LogP contribution < -0.4 is 17.2 Å². The van der Waals surface area contributed by atoms with Crippen LogP contribution in [0.4, 0.5) is 5.82 Å². The molecule has 8 N–H and O–H groups in total. The van der Waals surface area contributed by atoms with Gasteiger partial charge in [-0.1, -0.05) is 0 Å². The van der Waals surface area contributed by atoms with Crippen LogP contribution in [0.2, 0.25) is 0 Å². The number of aliphatic hydroxyl groups is 2. The van der Waals surface area contributed by atoms with Crippen molar-refractivity contribution in [2.24, 2.45) is 16.5 Å². The Morgan fingerprint density at radius 2 is 2.04 bits per heavy atom. The van der Waals surface area contributed by atoms with E-state index in [0.29, 0.717) is 30.6 Å². The lowest BCUT2D eigenvalue weighted by Crippen LogP contribution is -2.31. The summed E-state index contributed by atoms with van der Waals surface area (Å²) in [6.45, 7) is 0.424. The predicted octanol–water partition coefficient (Wildman–Crippen LogP) is -1.92. The Kier molecular flexibility index (Phi) is 4.46. The number of hydrogen-bond acceptors (Lipinski definition) is 8. The molecule has 1 fully saturated rings. The van der Waals surface area contributed by atoms with E-state index < -0.39 is 24.5 Å². The Bertz CT molecular complexity index is 744. The van der Waals surface area contributed by atoms with Crippen molar-refractivity contribution in [1.29, 1.82) is 0 Å². The normalized spacial score (nSPS) is 26.8.